The van der Waals surface area contributed by atoms with Gasteiger partial charge in [-0.15, -0.1) is 0 Å². The normalized spacial score (nSPS) is 15.7. The van der Waals surface area contributed by atoms with Crippen molar-refractivity contribution in [3.63, 3.8) is 0 Å². The fourth-order valence-electron chi connectivity index (χ4n) is 3.04. The average molecular weight is 380 g/mol. The highest BCUT2D eigenvalue weighted by molar-refractivity contribution is 5.75. The SMILES string of the molecule is Cc1cc(C)n(CC(=O)NCCCN2CCN(C(=O)OC(C)(C)C)CC2)n1. The molecule has 0 unspecified atom stereocenters. The fraction of sp³-hybridized carbons (Fsp3) is 0.737. The number of nitrogens with zero attached hydrogens (tertiary/aromatic N) is 4. The van der Waals surface area contributed by atoms with Gasteiger partial charge in [-0.1, -0.05) is 0 Å². The molecule has 1 aliphatic heterocycles. The fourth-order valence-corrected chi connectivity index (χ4v) is 3.04. The predicted octanol–water partition coefficient (Wildman–Crippen LogP) is 1.56. The van der Waals surface area contributed by atoms with E-state index in [1.54, 1.807) is 9.58 Å². The third-order valence-corrected chi connectivity index (χ3v) is 4.39. The van der Waals surface area contributed by atoms with Crippen molar-refractivity contribution in [1.82, 2.24) is 24.9 Å². The summed E-state index contributed by atoms with van der Waals surface area (Å²) in [7, 11) is 0. The first kappa shape index (κ1) is 21.2. The molecule has 1 saturated heterocycles. The summed E-state index contributed by atoms with van der Waals surface area (Å²) in [5, 5.41) is 7.25. The Morgan fingerprint density at radius 2 is 1.85 bits per heavy atom. The smallest absolute Gasteiger partial charge is 0.410 e. The van der Waals surface area contributed by atoms with E-state index in [9.17, 15) is 9.59 Å². The summed E-state index contributed by atoms with van der Waals surface area (Å²) in [6.07, 6.45) is 0.647. The molecule has 1 N–H and O–H groups in total. The van der Waals surface area contributed by atoms with E-state index < -0.39 is 5.60 Å². The van der Waals surface area contributed by atoms with E-state index in [0.717, 1.165) is 37.4 Å². The topological polar surface area (TPSA) is 79.7 Å². The summed E-state index contributed by atoms with van der Waals surface area (Å²) in [6.45, 7) is 14.3. The molecule has 152 valence electrons. The van der Waals surface area contributed by atoms with E-state index in [1.807, 2.05) is 40.7 Å². The number of rotatable bonds is 6. The summed E-state index contributed by atoms with van der Waals surface area (Å²) in [5.74, 6) is -0.0176. The maximum Gasteiger partial charge on any atom is 0.410 e. The van der Waals surface area contributed by atoms with Crippen LogP contribution in [0.2, 0.25) is 0 Å². The van der Waals surface area contributed by atoms with Crippen LogP contribution in [0, 0.1) is 13.8 Å². The minimum atomic E-state index is -0.458. The Morgan fingerprint density at radius 3 is 2.41 bits per heavy atom. The maximum absolute atomic E-state index is 12.1. The molecule has 1 aromatic rings. The van der Waals surface area contributed by atoms with Crippen molar-refractivity contribution in [3.8, 4) is 0 Å². The van der Waals surface area contributed by atoms with Crippen LogP contribution in [-0.2, 0) is 16.1 Å². The monoisotopic (exact) mass is 379 g/mol. The Labute approximate surface area is 161 Å². The molecule has 1 aromatic heterocycles. The molecule has 2 amide bonds. The second kappa shape index (κ2) is 9.21. The lowest BCUT2D eigenvalue weighted by molar-refractivity contribution is -0.121. The Kier molecular flexibility index (Phi) is 7.24. The summed E-state index contributed by atoms with van der Waals surface area (Å²) < 4.78 is 7.13. The first-order chi connectivity index (χ1) is 12.6. The first-order valence-corrected chi connectivity index (χ1v) is 9.62. The van der Waals surface area contributed by atoms with Gasteiger partial charge in [0.1, 0.15) is 12.1 Å². The van der Waals surface area contributed by atoms with Crippen molar-refractivity contribution in [3.05, 3.63) is 17.5 Å². The van der Waals surface area contributed by atoms with Crippen LogP contribution in [0.5, 0.6) is 0 Å². The van der Waals surface area contributed by atoms with Crippen LogP contribution in [0.15, 0.2) is 6.07 Å². The molecule has 2 heterocycles. The van der Waals surface area contributed by atoms with E-state index in [2.05, 4.69) is 15.3 Å². The molecule has 8 heteroatoms. The van der Waals surface area contributed by atoms with Crippen molar-refractivity contribution in [2.24, 2.45) is 0 Å². The number of hydrogen-bond donors (Lipinski definition) is 1. The highest BCUT2D eigenvalue weighted by atomic mass is 16.6. The lowest BCUT2D eigenvalue weighted by Crippen LogP contribution is -2.50. The molecule has 1 fully saturated rings. The number of carbonyl (C=O) groups is 2. The molecule has 27 heavy (non-hydrogen) atoms. The lowest BCUT2D eigenvalue weighted by Gasteiger charge is -2.35. The third-order valence-electron chi connectivity index (χ3n) is 4.39. The summed E-state index contributed by atoms with van der Waals surface area (Å²) in [5.41, 5.74) is 1.45. The van der Waals surface area contributed by atoms with E-state index in [-0.39, 0.29) is 18.5 Å². The van der Waals surface area contributed by atoms with Crippen LogP contribution < -0.4 is 5.32 Å². The Hall–Kier alpha value is -2.09. The van der Waals surface area contributed by atoms with Crippen molar-refractivity contribution < 1.29 is 14.3 Å². The summed E-state index contributed by atoms with van der Waals surface area (Å²) >= 11 is 0. The number of nitrogens with one attached hydrogen (secondary N) is 1. The molecule has 0 aromatic carbocycles. The van der Waals surface area contributed by atoms with Crippen LogP contribution in [0.1, 0.15) is 38.6 Å². The quantitative estimate of drug-likeness (QED) is 0.759. The van der Waals surface area contributed by atoms with Crippen LogP contribution >= 0.6 is 0 Å². The zero-order valence-corrected chi connectivity index (χ0v) is 17.2. The van der Waals surface area contributed by atoms with Gasteiger partial charge in [0.15, 0.2) is 0 Å². The molecule has 8 nitrogen and oxygen atoms in total. The predicted molar refractivity (Wildman–Crippen MR) is 104 cm³/mol. The second-order valence-corrected chi connectivity index (χ2v) is 8.10. The Bertz CT molecular complexity index is 642. The van der Waals surface area contributed by atoms with Gasteiger partial charge in [0, 0.05) is 38.4 Å². The number of piperazine rings is 1. The molecular formula is C19H33N5O3. The van der Waals surface area contributed by atoms with Gasteiger partial charge in [-0.3, -0.25) is 14.4 Å². The highest BCUT2D eigenvalue weighted by Gasteiger charge is 2.25. The Morgan fingerprint density at radius 1 is 1.19 bits per heavy atom. The van der Waals surface area contributed by atoms with E-state index >= 15 is 0 Å². The van der Waals surface area contributed by atoms with Gasteiger partial charge >= 0.3 is 6.09 Å². The van der Waals surface area contributed by atoms with E-state index in [0.29, 0.717) is 19.6 Å². The van der Waals surface area contributed by atoms with E-state index in [1.165, 1.54) is 0 Å². The molecule has 1 aliphatic rings. The van der Waals surface area contributed by atoms with Gasteiger partial charge in [0.25, 0.3) is 0 Å². The number of aryl methyl sites for hydroxylation is 2. The van der Waals surface area contributed by atoms with Crippen LogP contribution in [-0.4, -0.2) is 76.5 Å². The van der Waals surface area contributed by atoms with Crippen molar-refractivity contribution in [2.45, 2.75) is 53.2 Å². The number of ether oxygens (including phenoxy) is 1. The van der Waals surface area contributed by atoms with Gasteiger partial charge < -0.3 is 15.0 Å². The number of aromatic nitrogens is 2. The molecule has 0 atom stereocenters. The van der Waals surface area contributed by atoms with Crippen LogP contribution in [0.25, 0.3) is 0 Å². The minimum Gasteiger partial charge on any atom is -0.444 e. The molecule has 2 rings (SSSR count). The summed E-state index contributed by atoms with van der Waals surface area (Å²) in [6, 6.07) is 1.96. The van der Waals surface area contributed by atoms with Gasteiger partial charge in [-0.05, 0) is 53.7 Å². The molecule has 0 radical (unpaired) electrons. The number of carbonyl (C=O) groups excluding carboxylic acids is 2. The zero-order chi connectivity index (χ0) is 20.0. The van der Waals surface area contributed by atoms with Crippen molar-refractivity contribution >= 4 is 12.0 Å². The highest BCUT2D eigenvalue weighted by Crippen LogP contribution is 2.12. The first-order valence-electron chi connectivity index (χ1n) is 9.62. The Balaban J connectivity index is 1.60. The number of amides is 2. The van der Waals surface area contributed by atoms with Gasteiger partial charge in [-0.25, -0.2) is 4.79 Å². The molecule has 0 bridgehead atoms. The third kappa shape index (κ3) is 7.21. The van der Waals surface area contributed by atoms with Crippen LogP contribution in [0.4, 0.5) is 4.79 Å². The summed E-state index contributed by atoms with van der Waals surface area (Å²) in [4.78, 5) is 28.2. The van der Waals surface area contributed by atoms with Crippen LogP contribution in [0.3, 0.4) is 0 Å². The van der Waals surface area contributed by atoms with Gasteiger partial charge in [-0.2, -0.15) is 5.10 Å². The van der Waals surface area contributed by atoms with Gasteiger partial charge in [0.2, 0.25) is 5.91 Å². The van der Waals surface area contributed by atoms with Gasteiger partial charge in [0.05, 0.1) is 5.69 Å². The molecule has 0 aliphatic carbocycles. The van der Waals surface area contributed by atoms with Crippen molar-refractivity contribution in [2.75, 3.05) is 39.3 Å². The standard InChI is InChI=1S/C19H33N5O3/c1-15-13-16(2)24(21-15)14-17(25)20-7-6-8-22-9-11-23(12-10-22)18(26)27-19(3,4)5/h13H,6-12,14H2,1-5H3,(H,20,25). The number of hydrogen-bond acceptors (Lipinski definition) is 5. The maximum atomic E-state index is 12.1. The molecular weight excluding hydrogens is 346 g/mol. The zero-order valence-electron chi connectivity index (χ0n) is 17.2. The van der Waals surface area contributed by atoms with Crippen molar-refractivity contribution in [1.29, 1.82) is 0 Å². The molecule has 0 saturated carbocycles. The second-order valence-electron chi connectivity index (χ2n) is 8.10. The largest absolute Gasteiger partial charge is 0.444 e. The van der Waals surface area contributed by atoms with E-state index in [4.69, 9.17) is 4.74 Å². The minimum absolute atomic E-state index is 0.0176. The molecule has 0 spiro atoms. The lowest BCUT2D eigenvalue weighted by atomic mass is 10.2. The average Bonchev–Trinajstić information content (AvgIpc) is 2.88.